The summed E-state index contributed by atoms with van der Waals surface area (Å²) in [6.07, 6.45) is 0. The fraction of sp³-hybridized carbons (Fsp3) is 0.364. The van der Waals surface area contributed by atoms with Crippen LogP contribution in [0.25, 0.3) is 0 Å². The van der Waals surface area contributed by atoms with E-state index in [-0.39, 0.29) is 11.6 Å². The molecule has 0 atom stereocenters. The second kappa shape index (κ2) is 5.09. The maximum Gasteiger partial charge on any atom is 0.306 e. The van der Waals surface area contributed by atoms with Gasteiger partial charge in [0.15, 0.2) is 0 Å². The number of nitrogens with one attached hydrogen (secondary N) is 2. The van der Waals surface area contributed by atoms with Crippen LogP contribution in [0.1, 0.15) is 13.8 Å². The van der Waals surface area contributed by atoms with Crippen molar-refractivity contribution >= 4 is 17.3 Å². The van der Waals surface area contributed by atoms with Crippen molar-refractivity contribution in [2.75, 3.05) is 12.4 Å². The summed E-state index contributed by atoms with van der Waals surface area (Å²) in [7, 11) is 1.62. The first-order valence-corrected chi connectivity index (χ1v) is 5.22. The molecular weight excluding hydrogens is 241 g/mol. The van der Waals surface area contributed by atoms with Crippen molar-refractivity contribution in [1.82, 2.24) is 5.32 Å². The second-order valence-corrected chi connectivity index (χ2v) is 4.25. The molecule has 0 spiro atoms. The molecule has 1 rings (SSSR count). The zero-order valence-corrected chi connectivity index (χ0v) is 10.3. The molecule has 2 N–H and O–H groups in total. The minimum Gasteiger partial charge on any atom is -0.324 e. The van der Waals surface area contributed by atoms with Gasteiger partial charge in [0.2, 0.25) is 11.7 Å². The van der Waals surface area contributed by atoms with E-state index in [0.29, 0.717) is 0 Å². The van der Waals surface area contributed by atoms with Crippen molar-refractivity contribution in [1.29, 1.82) is 0 Å². The van der Waals surface area contributed by atoms with E-state index >= 15 is 0 Å². The lowest BCUT2D eigenvalue weighted by Crippen LogP contribution is -2.47. The first-order valence-electron chi connectivity index (χ1n) is 5.22. The van der Waals surface area contributed by atoms with Crippen LogP contribution in [0.5, 0.6) is 0 Å². The smallest absolute Gasteiger partial charge is 0.306 e. The third-order valence-electron chi connectivity index (χ3n) is 2.59. The molecule has 1 amide bonds. The largest absolute Gasteiger partial charge is 0.324 e. The van der Waals surface area contributed by atoms with Crippen molar-refractivity contribution in [2.24, 2.45) is 0 Å². The van der Waals surface area contributed by atoms with E-state index in [2.05, 4.69) is 10.6 Å². The highest BCUT2D eigenvalue weighted by Gasteiger charge is 2.26. The number of amides is 1. The molecule has 0 heterocycles. The van der Waals surface area contributed by atoms with Crippen molar-refractivity contribution in [3.05, 3.63) is 34.1 Å². The number of hydrogen-bond donors (Lipinski definition) is 2. The summed E-state index contributed by atoms with van der Waals surface area (Å²) < 4.78 is 13.1. The summed E-state index contributed by atoms with van der Waals surface area (Å²) in [5.74, 6) is -1.31. The van der Waals surface area contributed by atoms with Crippen molar-refractivity contribution in [3.8, 4) is 0 Å². The lowest BCUT2D eigenvalue weighted by Gasteiger charge is -2.22. The van der Waals surface area contributed by atoms with Crippen LogP contribution >= 0.6 is 0 Å². The Kier molecular flexibility index (Phi) is 3.97. The molecule has 0 saturated heterocycles. The molecule has 0 aliphatic carbocycles. The van der Waals surface area contributed by atoms with E-state index in [9.17, 15) is 19.3 Å². The summed E-state index contributed by atoms with van der Waals surface area (Å²) in [5.41, 5.74) is -1.32. The molecule has 0 aliphatic rings. The van der Waals surface area contributed by atoms with E-state index in [0.717, 1.165) is 12.1 Å². The summed E-state index contributed by atoms with van der Waals surface area (Å²) >= 11 is 0. The lowest BCUT2D eigenvalue weighted by molar-refractivity contribution is -0.387. The summed E-state index contributed by atoms with van der Waals surface area (Å²) in [6, 6.07) is 3.20. The van der Waals surface area contributed by atoms with E-state index in [4.69, 9.17) is 0 Å². The molecule has 0 radical (unpaired) electrons. The Bertz CT molecular complexity index is 488. The van der Waals surface area contributed by atoms with Gasteiger partial charge in [-0.25, -0.2) is 0 Å². The van der Waals surface area contributed by atoms with Crippen molar-refractivity contribution in [3.63, 3.8) is 0 Å². The minimum absolute atomic E-state index is 0.177. The molecule has 0 bridgehead atoms. The number of nitro groups is 1. The van der Waals surface area contributed by atoms with Gasteiger partial charge in [-0.1, -0.05) is 0 Å². The van der Waals surface area contributed by atoms with Gasteiger partial charge in [0, 0.05) is 11.8 Å². The van der Waals surface area contributed by atoms with Gasteiger partial charge in [-0.3, -0.25) is 14.9 Å². The zero-order valence-electron chi connectivity index (χ0n) is 10.3. The molecule has 0 unspecified atom stereocenters. The van der Waals surface area contributed by atoms with Crippen LogP contribution < -0.4 is 10.6 Å². The van der Waals surface area contributed by atoms with Gasteiger partial charge >= 0.3 is 5.69 Å². The van der Waals surface area contributed by atoms with Gasteiger partial charge in [-0.05, 0) is 33.0 Å². The summed E-state index contributed by atoms with van der Waals surface area (Å²) in [4.78, 5) is 21.5. The number of halogens is 1. The third kappa shape index (κ3) is 3.01. The second-order valence-electron chi connectivity index (χ2n) is 4.25. The van der Waals surface area contributed by atoms with Crippen LogP contribution in [0.15, 0.2) is 18.2 Å². The average molecular weight is 255 g/mol. The third-order valence-corrected chi connectivity index (χ3v) is 2.59. The van der Waals surface area contributed by atoms with Crippen LogP contribution in [-0.4, -0.2) is 23.4 Å². The molecule has 7 heteroatoms. The number of anilines is 1. The van der Waals surface area contributed by atoms with Crippen LogP contribution in [-0.2, 0) is 4.79 Å². The van der Waals surface area contributed by atoms with E-state index in [1.54, 1.807) is 20.9 Å². The van der Waals surface area contributed by atoms with Crippen LogP contribution in [0.2, 0.25) is 0 Å². The molecule has 6 nitrogen and oxygen atoms in total. The Morgan fingerprint density at radius 2 is 2.06 bits per heavy atom. The Morgan fingerprint density at radius 3 is 2.56 bits per heavy atom. The van der Waals surface area contributed by atoms with Crippen molar-refractivity contribution < 1.29 is 14.1 Å². The molecule has 0 aromatic heterocycles. The molecule has 18 heavy (non-hydrogen) atoms. The number of carbonyl (C=O) groups is 1. The quantitative estimate of drug-likeness (QED) is 0.633. The number of likely N-dealkylation sites (N-methyl/N-ethyl adjacent to an activating group) is 1. The molecule has 1 aromatic rings. The van der Waals surface area contributed by atoms with E-state index in [1.807, 2.05) is 0 Å². The van der Waals surface area contributed by atoms with Crippen LogP contribution in [0.4, 0.5) is 15.8 Å². The Labute approximate surface area is 103 Å². The summed E-state index contributed by atoms with van der Waals surface area (Å²) in [6.45, 7) is 3.31. The fourth-order valence-electron chi connectivity index (χ4n) is 1.13. The fourth-order valence-corrected chi connectivity index (χ4v) is 1.13. The number of nitro benzene ring substituents is 1. The highest BCUT2D eigenvalue weighted by atomic mass is 19.1. The topological polar surface area (TPSA) is 84.3 Å². The molecule has 0 aliphatic heterocycles. The van der Waals surface area contributed by atoms with Gasteiger partial charge < -0.3 is 10.6 Å². The first kappa shape index (κ1) is 14.0. The summed E-state index contributed by atoms with van der Waals surface area (Å²) in [5, 5.41) is 15.8. The number of hydrogen-bond acceptors (Lipinski definition) is 4. The SMILES string of the molecule is CNC(C)(C)C(=O)Nc1ccc(F)c([N+](=O)[O-])c1. The van der Waals surface area contributed by atoms with Gasteiger partial charge in [0.05, 0.1) is 10.5 Å². The number of nitrogens with zero attached hydrogens (tertiary/aromatic N) is 1. The number of rotatable bonds is 4. The molecule has 0 fully saturated rings. The molecule has 98 valence electrons. The van der Waals surface area contributed by atoms with Gasteiger partial charge in [0.25, 0.3) is 0 Å². The molecule has 0 saturated carbocycles. The highest BCUT2D eigenvalue weighted by molar-refractivity contribution is 5.97. The Balaban J connectivity index is 2.96. The minimum atomic E-state index is -0.939. The lowest BCUT2D eigenvalue weighted by atomic mass is 10.1. The van der Waals surface area contributed by atoms with Crippen LogP contribution in [0, 0.1) is 15.9 Å². The number of benzene rings is 1. The molecule has 1 aromatic carbocycles. The van der Waals surface area contributed by atoms with E-state index in [1.165, 1.54) is 6.07 Å². The molecular formula is C11H14FN3O3. The normalized spacial score (nSPS) is 11.1. The van der Waals surface area contributed by atoms with Gasteiger partial charge in [-0.2, -0.15) is 4.39 Å². The maximum absolute atomic E-state index is 13.1. The standard InChI is InChI=1S/C11H14FN3O3/c1-11(2,13-3)10(16)14-7-4-5-8(12)9(6-7)15(17)18/h4-6,13H,1-3H3,(H,14,16). The van der Waals surface area contributed by atoms with Crippen LogP contribution in [0.3, 0.4) is 0 Å². The monoisotopic (exact) mass is 255 g/mol. The Hall–Kier alpha value is -2.02. The van der Waals surface area contributed by atoms with Gasteiger partial charge in [-0.15, -0.1) is 0 Å². The maximum atomic E-state index is 13.1. The Morgan fingerprint density at radius 1 is 1.44 bits per heavy atom. The highest BCUT2D eigenvalue weighted by Crippen LogP contribution is 2.22. The predicted octanol–water partition coefficient (Wildman–Crippen LogP) is 1.67. The van der Waals surface area contributed by atoms with Gasteiger partial charge in [0.1, 0.15) is 0 Å². The van der Waals surface area contributed by atoms with E-state index < -0.39 is 22.0 Å². The average Bonchev–Trinajstić information content (AvgIpc) is 2.31. The van der Waals surface area contributed by atoms with Crippen molar-refractivity contribution in [2.45, 2.75) is 19.4 Å². The predicted molar refractivity (Wildman–Crippen MR) is 64.8 cm³/mol. The zero-order chi connectivity index (χ0) is 13.9. The first-order chi connectivity index (χ1) is 8.27. The number of carbonyl (C=O) groups excluding carboxylic acids is 1.